The molecule has 0 spiro atoms. The first-order chi connectivity index (χ1) is 9.06. The van der Waals surface area contributed by atoms with Crippen molar-refractivity contribution in [3.63, 3.8) is 0 Å². The van der Waals surface area contributed by atoms with Crippen LogP contribution in [-0.4, -0.2) is 30.6 Å². The number of nitrogens with zero attached hydrogens (tertiary/aromatic N) is 1. The van der Waals surface area contributed by atoms with Gasteiger partial charge in [0, 0.05) is 23.6 Å². The summed E-state index contributed by atoms with van der Waals surface area (Å²) in [5.74, 6) is 2.55. The maximum absolute atomic E-state index is 5.82. The largest absolute Gasteiger partial charge is 0.492 e. The van der Waals surface area contributed by atoms with Crippen LogP contribution >= 0.6 is 15.9 Å². The average Bonchev–Trinajstić information content (AvgIpc) is 2.37. The van der Waals surface area contributed by atoms with Gasteiger partial charge in [0.1, 0.15) is 12.4 Å². The summed E-state index contributed by atoms with van der Waals surface area (Å²) < 4.78 is 6.91. The first-order valence-electron chi connectivity index (χ1n) is 7.18. The number of halogens is 1. The van der Waals surface area contributed by atoms with Crippen molar-refractivity contribution >= 4 is 15.9 Å². The Morgan fingerprint density at radius 2 is 1.89 bits per heavy atom. The number of hydrogen-bond donors (Lipinski definition) is 0. The summed E-state index contributed by atoms with van der Waals surface area (Å²) in [6.07, 6.45) is 1.35. The van der Waals surface area contributed by atoms with Crippen molar-refractivity contribution in [2.24, 2.45) is 11.8 Å². The first-order valence-corrected chi connectivity index (χ1v) is 7.98. The van der Waals surface area contributed by atoms with Gasteiger partial charge in [0.25, 0.3) is 0 Å². The molecule has 1 aromatic rings. The molecule has 0 aromatic heterocycles. The lowest BCUT2D eigenvalue weighted by Gasteiger charge is -2.41. The Bertz CT molecular complexity index is 392. The molecular weight excluding hydrogens is 302 g/mol. The molecule has 0 saturated carbocycles. The summed E-state index contributed by atoms with van der Waals surface area (Å²) in [7, 11) is 0. The third kappa shape index (κ3) is 4.22. The minimum absolute atomic E-state index is 0.671. The smallest absolute Gasteiger partial charge is 0.119 e. The van der Waals surface area contributed by atoms with Crippen LogP contribution in [0.4, 0.5) is 0 Å². The van der Waals surface area contributed by atoms with Gasteiger partial charge < -0.3 is 4.74 Å². The van der Waals surface area contributed by atoms with Crippen LogP contribution < -0.4 is 4.74 Å². The van der Waals surface area contributed by atoms with E-state index in [1.165, 1.54) is 13.0 Å². The van der Waals surface area contributed by atoms with E-state index < -0.39 is 0 Å². The molecule has 3 atom stereocenters. The second kappa shape index (κ2) is 6.76. The van der Waals surface area contributed by atoms with Crippen LogP contribution in [0, 0.1) is 11.8 Å². The fraction of sp³-hybridized carbons (Fsp3) is 0.625. The fourth-order valence-electron chi connectivity index (χ4n) is 2.94. The lowest BCUT2D eigenvalue weighted by molar-refractivity contribution is 0.0665. The number of piperidine rings is 1. The van der Waals surface area contributed by atoms with E-state index in [-0.39, 0.29) is 0 Å². The molecule has 1 aromatic carbocycles. The van der Waals surface area contributed by atoms with Crippen molar-refractivity contribution in [3.8, 4) is 5.75 Å². The van der Waals surface area contributed by atoms with E-state index in [9.17, 15) is 0 Å². The summed E-state index contributed by atoms with van der Waals surface area (Å²) in [5.41, 5.74) is 0. The highest BCUT2D eigenvalue weighted by atomic mass is 79.9. The minimum Gasteiger partial charge on any atom is -0.492 e. The zero-order chi connectivity index (χ0) is 13.8. The van der Waals surface area contributed by atoms with Gasteiger partial charge in [-0.05, 0) is 49.4 Å². The molecular formula is C16H24BrNO. The van der Waals surface area contributed by atoms with Crippen molar-refractivity contribution in [1.29, 1.82) is 0 Å². The number of likely N-dealkylation sites (tertiary alicyclic amines) is 1. The van der Waals surface area contributed by atoms with Gasteiger partial charge in [0.05, 0.1) is 0 Å². The van der Waals surface area contributed by atoms with Gasteiger partial charge in [-0.2, -0.15) is 0 Å². The van der Waals surface area contributed by atoms with Gasteiger partial charge in [-0.3, -0.25) is 4.90 Å². The van der Waals surface area contributed by atoms with E-state index in [2.05, 4.69) is 41.6 Å². The van der Waals surface area contributed by atoms with Crippen LogP contribution in [0.5, 0.6) is 5.75 Å². The lowest BCUT2D eigenvalue weighted by atomic mass is 9.86. The van der Waals surface area contributed by atoms with Gasteiger partial charge in [0.15, 0.2) is 0 Å². The van der Waals surface area contributed by atoms with E-state index in [0.717, 1.165) is 35.2 Å². The van der Waals surface area contributed by atoms with Gasteiger partial charge >= 0.3 is 0 Å². The zero-order valence-corrected chi connectivity index (χ0v) is 13.7. The van der Waals surface area contributed by atoms with Crippen molar-refractivity contribution in [1.82, 2.24) is 4.90 Å². The molecule has 0 aliphatic carbocycles. The molecule has 2 rings (SSSR count). The van der Waals surface area contributed by atoms with Crippen molar-refractivity contribution in [2.75, 3.05) is 19.7 Å². The van der Waals surface area contributed by atoms with Crippen LogP contribution in [0.1, 0.15) is 27.2 Å². The lowest BCUT2D eigenvalue weighted by Crippen LogP contribution is -2.47. The van der Waals surface area contributed by atoms with Crippen molar-refractivity contribution in [3.05, 3.63) is 28.7 Å². The molecule has 2 nitrogen and oxygen atoms in total. The monoisotopic (exact) mass is 325 g/mol. The van der Waals surface area contributed by atoms with E-state index in [1.54, 1.807) is 0 Å². The van der Waals surface area contributed by atoms with Gasteiger partial charge in [-0.15, -0.1) is 0 Å². The van der Waals surface area contributed by atoms with Gasteiger partial charge in [0.2, 0.25) is 0 Å². The molecule has 1 aliphatic rings. The third-order valence-electron chi connectivity index (χ3n) is 4.18. The second-order valence-corrected chi connectivity index (χ2v) is 6.77. The number of rotatable bonds is 4. The van der Waals surface area contributed by atoms with E-state index in [1.807, 2.05) is 24.3 Å². The second-order valence-electron chi connectivity index (χ2n) is 5.86. The molecule has 0 amide bonds. The number of benzene rings is 1. The number of hydrogen-bond acceptors (Lipinski definition) is 2. The van der Waals surface area contributed by atoms with Crippen molar-refractivity contribution < 1.29 is 4.74 Å². The standard InChI is InChI=1S/C16H24BrNO/c1-12-10-13(2)14(3)18(11-12)8-9-19-16-6-4-15(17)5-7-16/h4-7,12-14H,8-11H2,1-3H3. The Hall–Kier alpha value is -0.540. The zero-order valence-electron chi connectivity index (χ0n) is 12.1. The van der Waals surface area contributed by atoms with Gasteiger partial charge in [-0.25, -0.2) is 0 Å². The molecule has 1 fully saturated rings. The van der Waals surface area contributed by atoms with Crippen LogP contribution in [-0.2, 0) is 0 Å². The van der Waals surface area contributed by atoms with E-state index in [0.29, 0.717) is 6.04 Å². The van der Waals surface area contributed by atoms with E-state index >= 15 is 0 Å². The molecule has 3 heteroatoms. The normalized spacial score (nSPS) is 28.3. The Kier molecular flexibility index (Phi) is 5.28. The molecule has 0 radical (unpaired) electrons. The molecule has 3 unspecified atom stereocenters. The summed E-state index contributed by atoms with van der Waals surface area (Å²) in [4.78, 5) is 2.57. The third-order valence-corrected chi connectivity index (χ3v) is 4.71. The predicted molar refractivity (Wildman–Crippen MR) is 83.6 cm³/mol. The van der Waals surface area contributed by atoms with Crippen molar-refractivity contribution in [2.45, 2.75) is 33.2 Å². The topological polar surface area (TPSA) is 12.5 Å². The van der Waals surface area contributed by atoms with Crippen LogP contribution in [0.15, 0.2) is 28.7 Å². The Balaban J connectivity index is 1.80. The van der Waals surface area contributed by atoms with Gasteiger partial charge in [-0.1, -0.05) is 29.8 Å². The summed E-state index contributed by atoms with van der Waals surface area (Å²) in [6, 6.07) is 8.72. The first kappa shape index (κ1) is 14.9. The summed E-state index contributed by atoms with van der Waals surface area (Å²) >= 11 is 3.43. The molecule has 1 saturated heterocycles. The Labute approximate surface area is 125 Å². The fourth-order valence-corrected chi connectivity index (χ4v) is 3.20. The molecule has 106 valence electrons. The summed E-state index contributed by atoms with van der Waals surface area (Å²) in [6.45, 7) is 10.1. The molecule has 19 heavy (non-hydrogen) atoms. The van der Waals surface area contributed by atoms with E-state index in [4.69, 9.17) is 4.74 Å². The van der Waals surface area contributed by atoms with Crippen LogP contribution in [0.3, 0.4) is 0 Å². The maximum atomic E-state index is 5.82. The maximum Gasteiger partial charge on any atom is 0.119 e. The molecule has 1 aliphatic heterocycles. The molecule has 0 N–H and O–H groups in total. The predicted octanol–water partition coefficient (Wildman–Crippen LogP) is 4.19. The SMILES string of the molecule is CC1CC(C)C(C)N(CCOc2ccc(Br)cc2)C1. The highest BCUT2D eigenvalue weighted by molar-refractivity contribution is 9.10. The quantitative estimate of drug-likeness (QED) is 0.822. The van der Waals surface area contributed by atoms with Crippen LogP contribution in [0.25, 0.3) is 0 Å². The van der Waals surface area contributed by atoms with Crippen LogP contribution in [0.2, 0.25) is 0 Å². The summed E-state index contributed by atoms with van der Waals surface area (Å²) in [5, 5.41) is 0. The minimum atomic E-state index is 0.671. The molecule has 1 heterocycles. The highest BCUT2D eigenvalue weighted by Crippen LogP contribution is 2.26. The number of ether oxygens (including phenoxy) is 1. The Morgan fingerprint density at radius 1 is 1.21 bits per heavy atom. The average molecular weight is 326 g/mol. The Morgan fingerprint density at radius 3 is 2.58 bits per heavy atom. The molecule has 0 bridgehead atoms. The highest BCUT2D eigenvalue weighted by Gasteiger charge is 2.28.